The highest BCUT2D eigenvalue weighted by atomic mass is 32.1. The predicted molar refractivity (Wildman–Crippen MR) is 101 cm³/mol. The average molecular weight is 369 g/mol. The number of hydrogen-bond acceptors (Lipinski definition) is 5. The summed E-state index contributed by atoms with van der Waals surface area (Å²) in [5, 5.41) is 19.1. The van der Waals surface area contributed by atoms with Crippen LogP contribution in [0.1, 0.15) is 16.8 Å². The molecule has 3 aromatic rings. The molecule has 1 aromatic heterocycles. The van der Waals surface area contributed by atoms with Crippen molar-refractivity contribution in [2.45, 2.75) is 6.42 Å². The van der Waals surface area contributed by atoms with E-state index in [1.54, 1.807) is 11.3 Å². The second kappa shape index (κ2) is 7.75. The number of anilines is 1. The summed E-state index contributed by atoms with van der Waals surface area (Å²) in [7, 11) is 0. The third-order valence-electron chi connectivity index (χ3n) is 3.71. The van der Waals surface area contributed by atoms with Crippen LogP contribution >= 0.6 is 11.3 Å². The van der Waals surface area contributed by atoms with Gasteiger partial charge >= 0.3 is 0 Å². The van der Waals surface area contributed by atoms with E-state index >= 15 is 0 Å². The number of fused-ring (bicyclic) bond motifs is 1. The molecule has 0 fully saturated rings. The number of nitrogens with one attached hydrogen (secondary N) is 2. The van der Waals surface area contributed by atoms with Crippen LogP contribution in [0, 0.1) is 10.1 Å². The Labute approximate surface area is 152 Å². The van der Waals surface area contributed by atoms with Crippen molar-refractivity contribution >= 4 is 44.6 Å². The Morgan fingerprint density at radius 2 is 1.85 bits per heavy atom. The van der Waals surface area contributed by atoms with Gasteiger partial charge in [-0.05, 0) is 47.2 Å². The van der Waals surface area contributed by atoms with Crippen LogP contribution in [-0.2, 0) is 4.79 Å². The first-order valence-corrected chi connectivity index (χ1v) is 8.70. The van der Waals surface area contributed by atoms with E-state index in [-0.39, 0.29) is 30.5 Å². The number of nitro groups is 1. The summed E-state index contributed by atoms with van der Waals surface area (Å²) in [6.07, 6.45) is 0.125. The van der Waals surface area contributed by atoms with Crippen LogP contribution < -0.4 is 10.6 Å². The van der Waals surface area contributed by atoms with Gasteiger partial charge in [0.2, 0.25) is 5.91 Å². The number of hydrogen-bond donors (Lipinski definition) is 2. The van der Waals surface area contributed by atoms with Crippen LogP contribution in [0.15, 0.2) is 53.9 Å². The Kier molecular flexibility index (Phi) is 5.23. The van der Waals surface area contributed by atoms with Crippen LogP contribution in [0.4, 0.5) is 11.4 Å². The molecular weight excluding hydrogens is 354 g/mol. The van der Waals surface area contributed by atoms with E-state index in [0.29, 0.717) is 11.3 Å². The highest BCUT2D eigenvalue weighted by Crippen LogP contribution is 2.24. The topological polar surface area (TPSA) is 101 Å². The van der Waals surface area contributed by atoms with E-state index in [1.165, 1.54) is 24.3 Å². The van der Waals surface area contributed by atoms with Crippen LogP contribution in [0.3, 0.4) is 0 Å². The van der Waals surface area contributed by atoms with Crippen molar-refractivity contribution < 1.29 is 14.5 Å². The molecule has 0 unspecified atom stereocenters. The van der Waals surface area contributed by atoms with E-state index in [1.807, 2.05) is 29.6 Å². The van der Waals surface area contributed by atoms with Crippen molar-refractivity contribution in [1.82, 2.24) is 5.32 Å². The largest absolute Gasteiger partial charge is 0.352 e. The molecule has 0 radical (unpaired) electrons. The lowest BCUT2D eigenvalue weighted by molar-refractivity contribution is -0.384. The molecule has 132 valence electrons. The molecule has 0 aliphatic carbocycles. The van der Waals surface area contributed by atoms with Gasteiger partial charge in [0.05, 0.1) is 4.92 Å². The van der Waals surface area contributed by atoms with Crippen molar-refractivity contribution in [2.24, 2.45) is 0 Å². The van der Waals surface area contributed by atoms with Crippen molar-refractivity contribution in [2.75, 3.05) is 11.9 Å². The molecule has 0 atom stereocenters. The third kappa shape index (κ3) is 4.22. The van der Waals surface area contributed by atoms with Gasteiger partial charge in [0.15, 0.2) is 0 Å². The minimum Gasteiger partial charge on any atom is -0.352 e. The first-order chi connectivity index (χ1) is 12.5. The number of carbonyl (C=O) groups excluding carboxylic acids is 2. The standard InChI is InChI=1S/C18H15N3O4S/c22-17(20-14-3-6-16-13(11-14)8-10-26-16)7-9-19-18(23)12-1-4-15(5-2-12)21(24)25/h1-6,8,10-11H,7,9H2,(H,19,23)(H,20,22). The monoisotopic (exact) mass is 369 g/mol. The maximum absolute atomic E-state index is 12.0. The number of benzene rings is 2. The fourth-order valence-corrected chi connectivity index (χ4v) is 3.16. The lowest BCUT2D eigenvalue weighted by atomic mass is 10.2. The van der Waals surface area contributed by atoms with E-state index in [2.05, 4.69) is 10.6 Å². The van der Waals surface area contributed by atoms with Gasteiger partial charge in [0.1, 0.15) is 0 Å². The van der Waals surface area contributed by atoms with Crippen LogP contribution in [0.25, 0.3) is 10.1 Å². The number of amides is 2. The molecule has 0 aliphatic rings. The van der Waals surface area contributed by atoms with Gasteiger partial charge in [-0.3, -0.25) is 19.7 Å². The SMILES string of the molecule is O=C(CCNC(=O)c1ccc([N+](=O)[O-])cc1)Nc1ccc2sccc2c1. The van der Waals surface area contributed by atoms with E-state index < -0.39 is 4.92 Å². The summed E-state index contributed by atoms with van der Waals surface area (Å²) in [5.41, 5.74) is 0.935. The average Bonchev–Trinajstić information content (AvgIpc) is 3.09. The number of carbonyl (C=O) groups is 2. The highest BCUT2D eigenvalue weighted by molar-refractivity contribution is 7.17. The molecule has 3 rings (SSSR count). The number of nitro benzene ring substituents is 1. The van der Waals surface area contributed by atoms with Gasteiger partial charge in [-0.2, -0.15) is 0 Å². The zero-order valence-electron chi connectivity index (χ0n) is 13.6. The minimum absolute atomic E-state index is 0.0801. The molecule has 2 N–H and O–H groups in total. The summed E-state index contributed by atoms with van der Waals surface area (Å²) < 4.78 is 1.15. The van der Waals surface area contributed by atoms with Gasteiger partial charge < -0.3 is 10.6 Å². The summed E-state index contributed by atoms with van der Waals surface area (Å²) >= 11 is 1.63. The molecule has 0 aliphatic heterocycles. The zero-order valence-corrected chi connectivity index (χ0v) is 14.4. The Morgan fingerprint density at radius 1 is 1.08 bits per heavy atom. The minimum atomic E-state index is -0.528. The Balaban J connectivity index is 1.48. The fourth-order valence-electron chi connectivity index (χ4n) is 2.39. The fraction of sp³-hybridized carbons (Fsp3) is 0.111. The van der Waals surface area contributed by atoms with Crippen LogP contribution in [0.5, 0.6) is 0 Å². The molecule has 0 saturated heterocycles. The lowest BCUT2D eigenvalue weighted by Crippen LogP contribution is -2.27. The third-order valence-corrected chi connectivity index (χ3v) is 4.61. The maximum Gasteiger partial charge on any atom is 0.269 e. The maximum atomic E-state index is 12.0. The van der Waals surface area contributed by atoms with Crippen molar-refractivity contribution in [3.05, 3.63) is 69.6 Å². The second-order valence-electron chi connectivity index (χ2n) is 5.53. The number of rotatable bonds is 6. The number of non-ortho nitro benzene ring substituents is 1. The van der Waals surface area contributed by atoms with Crippen molar-refractivity contribution in [1.29, 1.82) is 0 Å². The summed E-state index contributed by atoms with van der Waals surface area (Å²) in [6, 6.07) is 13.0. The quantitative estimate of drug-likeness (QED) is 0.512. The van der Waals surface area contributed by atoms with Crippen molar-refractivity contribution in [3.63, 3.8) is 0 Å². The Morgan fingerprint density at radius 3 is 2.58 bits per heavy atom. The Hall–Kier alpha value is -3.26. The normalized spacial score (nSPS) is 10.5. The molecule has 2 amide bonds. The molecule has 8 heteroatoms. The van der Waals surface area contributed by atoms with Crippen molar-refractivity contribution in [3.8, 4) is 0 Å². The highest BCUT2D eigenvalue weighted by Gasteiger charge is 2.10. The van der Waals surface area contributed by atoms with Gasteiger partial charge in [-0.15, -0.1) is 11.3 Å². The molecule has 0 saturated carbocycles. The summed E-state index contributed by atoms with van der Waals surface area (Å²) in [6.45, 7) is 0.169. The molecular formula is C18H15N3O4S. The number of nitrogens with zero attached hydrogens (tertiary/aromatic N) is 1. The van der Waals surface area contributed by atoms with Gasteiger partial charge in [-0.25, -0.2) is 0 Å². The van der Waals surface area contributed by atoms with Crippen LogP contribution in [0.2, 0.25) is 0 Å². The molecule has 7 nitrogen and oxygen atoms in total. The molecule has 26 heavy (non-hydrogen) atoms. The van der Waals surface area contributed by atoms with E-state index in [4.69, 9.17) is 0 Å². The smallest absolute Gasteiger partial charge is 0.269 e. The molecule has 2 aromatic carbocycles. The number of thiophene rings is 1. The summed E-state index contributed by atoms with van der Waals surface area (Å²) in [5.74, 6) is -0.587. The molecule has 0 bridgehead atoms. The van der Waals surface area contributed by atoms with Gasteiger partial charge in [0, 0.05) is 41.0 Å². The lowest BCUT2D eigenvalue weighted by Gasteiger charge is -2.07. The van der Waals surface area contributed by atoms with E-state index in [0.717, 1.165) is 10.1 Å². The Bertz CT molecular complexity index is 966. The molecule has 0 spiro atoms. The van der Waals surface area contributed by atoms with Gasteiger partial charge in [-0.1, -0.05) is 0 Å². The van der Waals surface area contributed by atoms with Crippen LogP contribution in [-0.4, -0.2) is 23.3 Å². The second-order valence-corrected chi connectivity index (χ2v) is 6.48. The first-order valence-electron chi connectivity index (χ1n) is 7.83. The van der Waals surface area contributed by atoms with E-state index in [9.17, 15) is 19.7 Å². The zero-order chi connectivity index (χ0) is 18.5. The van der Waals surface area contributed by atoms with Gasteiger partial charge in [0.25, 0.3) is 11.6 Å². The molecule has 1 heterocycles. The summed E-state index contributed by atoms with van der Waals surface area (Å²) in [4.78, 5) is 34.0. The first kappa shape index (κ1) is 17.6. The predicted octanol–water partition coefficient (Wildman–Crippen LogP) is 3.57.